The molecular formula is C26H30N4O4. The van der Waals surface area contributed by atoms with Gasteiger partial charge in [0.15, 0.2) is 0 Å². The minimum atomic E-state index is -0.665. The highest BCUT2D eigenvalue weighted by Gasteiger charge is 2.39. The second-order valence-electron chi connectivity index (χ2n) is 10.2. The van der Waals surface area contributed by atoms with E-state index in [2.05, 4.69) is 21.3 Å². The number of piperidine rings is 1. The fourth-order valence-electron chi connectivity index (χ4n) is 5.28. The first-order valence-electron chi connectivity index (χ1n) is 11.9. The topological polar surface area (TPSA) is 103 Å². The zero-order valence-electron chi connectivity index (χ0n) is 19.6. The lowest BCUT2D eigenvalue weighted by atomic mass is 9.90. The van der Waals surface area contributed by atoms with Crippen molar-refractivity contribution in [3.63, 3.8) is 0 Å². The van der Waals surface area contributed by atoms with Crippen LogP contribution in [0.25, 0.3) is 11.3 Å². The monoisotopic (exact) mass is 462 g/mol. The number of rotatable bonds is 5. The van der Waals surface area contributed by atoms with E-state index in [0.717, 1.165) is 48.4 Å². The number of aliphatic hydroxyl groups is 1. The molecule has 0 bridgehead atoms. The van der Waals surface area contributed by atoms with Crippen LogP contribution in [0, 0.1) is 5.92 Å². The van der Waals surface area contributed by atoms with E-state index in [9.17, 15) is 19.5 Å². The average molecular weight is 463 g/mol. The molecule has 3 aliphatic heterocycles. The molecule has 0 aliphatic carbocycles. The molecule has 2 atom stereocenters. The lowest BCUT2D eigenvalue weighted by Crippen LogP contribution is -2.52. The van der Waals surface area contributed by atoms with E-state index in [1.54, 1.807) is 4.90 Å². The number of hydrogen-bond donors (Lipinski definition) is 2. The predicted molar refractivity (Wildman–Crippen MR) is 125 cm³/mol. The van der Waals surface area contributed by atoms with Crippen LogP contribution >= 0.6 is 0 Å². The zero-order valence-corrected chi connectivity index (χ0v) is 19.6. The van der Waals surface area contributed by atoms with E-state index in [1.807, 2.05) is 44.3 Å². The van der Waals surface area contributed by atoms with Gasteiger partial charge in [-0.1, -0.05) is 6.07 Å². The number of fused-ring (bicyclic) bond motifs is 1. The van der Waals surface area contributed by atoms with Crippen LogP contribution in [0.15, 0.2) is 36.5 Å². The van der Waals surface area contributed by atoms with E-state index in [1.165, 1.54) is 0 Å². The van der Waals surface area contributed by atoms with Gasteiger partial charge < -0.3 is 10.0 Å². The first-order chi connectivity index (χ1) is 16.2. The first kappa shape index (κ1) is 22.7. The summed E-state index contributed by atoms with van der Waals surface area (Å²) in [5.74, 6) is -0.590. The number of hydrogen-bond acceptors (Lipinski definition) is 6. The normalized spacial score (nSPS) is 23.4. The zero-order chi connectivity index (χ0) is 24.0. The number of nitrogens with one attached hydrogen (secondary N) is 1. The molecule has 0 saturated carbocycles. The van der Waals surface area contributed by atoms with Gasteiger partial charge in [0.2, 0.25) is 11.8 Å². The highest BCUT2D eigenvalue weighted by molar-refractivity contribution is 6.05. The number of likely N-dealkylation sites (tertiary alicyclic amines) is 1. The summed E-state index contributed by atoms with van der Waals surface area (Å²) in [4.78, 5) is 45.2. The molecule has 1 aromatic carbocycles. The Balaban J connectivity index is 1.31. The van der Waals surface area contributed by atoms with Crippen LogP contribution in [0.4, 0.5) is 0 Å². The minimum absolute atomic E-state index is 0.173. The number of carbonyl (C=O) groups excluding carboxylic acids is 3. The number of imide groups is 1. The molecule has 2 fully saturated rings. The Morgan fingerprint density at radius 3 is 2.71 bits per heavy atom. The van der Waals surface area contributed by atoms with Crippen LogP contribution in [0.2, 0.25) is 0 Å². The molecule has 3 aliphatic rings. The van der Waals surface area contributed by atoms with Gasteiger partial charge in [0.05, 0.1) is 11.3 Å². The van der Waals surface area contributed by atoms with Crippen molar-refractivity contribution in [1.82, 2.24) is 20.1 Å². The number of aromatic nitrogens is 1. The van der Waals surface area contributed by atoms with Crippen molar-refractivity contribution in [3.05, 3.63) is 53.2 Å². The van der Waals surface area contributed by atoms with E-state index >= 15 is 0 Å². The van der Waals surface area contributed by atoms with Crippen molar-refractivity contribution in [1.29, 1.82) is 0 Å². The van der Waals surface area contributed by atoms with Gasteiger partial charge in [-0.25, -0.2) is 0 Å². The van der Waals surface area contributed by atoms with Gasteiger partial charge in [-0.15, -0.1) is 0 Å². The number of benzene rings is 1. The third-order valence-corrected chi connectivity index (χ3v) is 7.32. The van der Waals surface area contributed by atoms with E-state index in [4.69, 9.17) is 0 Å². The van der Waals surface area contributed by atoms with Gasteiger partial charge >= 0.3 is 0 Å². The SMILES string of the molecule is CC(C)(O)[C@H]1CCN(Cc2ccnc(-c3ccc4c(c3)CN(C3CCC(=O)NC3=O)C4=O)c2)C1. The Labute approximate surface area is 199 Å². The smallest absolute Gasteiger partial charge is 0.255 e. The molecule has 8 nitrogen and oxygen atoms in total. The molecule has 1 unspecified atom stereocenters. The largest absolute Gasteiger partial charge is 0.390 e. The molecule has 178 valence electrons. The molecular weight excluding hydrogens is 432 g/mol. The maximum atomic E-state index is 12.9. The third-order valence-electron chi connectivity index (χ3n) is 7.32. The first-order valence-corrected chi connectivity index (χ1v) is 11.9. The summed E-state index contributed by atoms with van der Waals surface area (Å²) in [6.45, 7) is 6.74. The molecule has 2 N–H and O–H groups in total. The van der Waals surface area contributed by atoms with Crippen LogP contribution < -0.4 is 5.32 Å². The van der Waals surface area contributed by atoms with E-state index in [-0.39, 0.29) is 24.2 Å². The maximum Gasteiger partial charge on any atom is 0.255 e. The van der Waals surface area contributed by atoms with Crippen LogP contribution in [-0.4, -0.2) is 62.3 Å². The third kappa shape index (κ3) is 4.35. The van der Waals surface area contributed by atoms with Crippen molar-refractivity contribution in [2.75, 3.05) is 13.1 Å². The van der Waals surface area contributed by atoms with Gasteiger partial charge in [0, 0.05) is 49.3 Å². The van der Waals surface area contributed by atoms with Crippen LogP contribution in [0.1, 0.15) is 54.6 Å². The lowest BCUT2D eigenvalue weighted by Gasteiger charge is -2.29. The van der Waals surface area contributed by atoms with Gasteiger partial charge in [-0.2, -0.15) is 0 Å². The summed E-state index contributed by atoms with van der Waals surface area (Å²) in [5.41, 5.74) is 3.72. The number of carbonyl (C=O) groups is 3. The van der Waals surface area contributed by atoms with Crippen molar-refractivity contribution in [2.45, 2.75) is 57.8 Å². The molecule has 3 amide bonds. The standard InChI is InChI=1S/C26H30N4O4/c1-26(2,34)19-8-10-29(15-19)13-16-7-9-27-21(11-16)17-3-4-20-18(12-17)14-30(25(20)33)22-5-6-23(31)28-24(22)32/h3-4,7,9,11-12,19,22,34H,5-6,8,10,13-15H2,1-2H3,(H,28,31,32)/t19-,22?/m0/s1. The summed E-state index contributed by atoms with van der Waals surface area (Å²) < 4.78 is 0. The number of pyridine rings is 1. The molecule has 2 saturated heterocycles. The Hall–Kier alpha value is -3.10. The molecule has 2 aromatic rings. The predicted octanol–water partition coefficient (Wildman–Crippen LogP) is 2.10. The van der Waals surface area contributed by atoms with Crippen LogP contribution in [0.5, 0.6) is 0 Å². The van der Waals surface area contributed by atoms with Gasteiger partial charge in [-0.3, -0.25) is 29.6 Å². The Kier molecular flexibility index (Phi) is 5.73. The summed E-state index contributed by atoms with van der Waals surface area (Å²) in [7, 11) is 0. The number of nitrogens with zero attached hydrogens (tertiary/aromatic N) is 3. The molecule has 4 heterocycles. The molecule has 0 radical (unpaired) electrons. The molecule has 34 heavy (non-hydrogen) atoms. The second-order valence-corrected chi connectivity index (χ2v) is 10.2. The quantitative estimate of drug-likeness (QED) is 0.660. The molecule has 5 rings (SSSR count). The fraction of sp³-hybridized carbons (Fsp3) is 0.462. The van der Waals surface area contributed by atoms with E-state index in [0.29, 0.717) is 18.5 Å². The van der Waals surface area contributed by atoms with Crippen molar-refractivity contribution < 1.29 is 19.5 Å². The fourth-order valence-corrected chi connectivity index (χ4v) is 5.28. The Morgan fingerprint density at radius 2 is 1.97 bits per heavy atom. The average Bonchev–Trinajstić information content (AvgIpc) is 3.39. The summed E-state index contributed by atoms with van der Waals surface area (Å²) in [5, 5.41) is 12.7. The second kappa shape index (κ2) is 8.60. The highest BCUT2D eigenvalue weighted by atomic mass is 16.3. The Morgan fingerprint density at radius 1 is 1.15 bits per heavy atom. The summed E-state index contributed by atoms with van der Waals surface area (Å²) in [6.07, 6.45) is 3.39. The number of amides is 3. The van der Waals surface area contributed by atoms with Crippen LogP contribution in [-0.2, 0) is 22.7 Å². The van der Waals surface area contributed by atoms with E-state index < -0.39 is 17.6 Å². The van der Waals surface area contributed by atoms with Crippen LogP contribution in [0.3, 0.4) is 0 Å². The van der Waals surface area contributed by atoms with Crippen molar-refractivity contribution in [3.8, 4) is 11.3 Å². The van der Waals surface area contributed by atoms with Gasteiger partial charge in [0.25, 0.3) is 5.91 Å². The maximum absolute atomic E-state index is 12.9. The Bertz CT molecular complexity index is 1160. The highest BCUT2D eigenvalue weighted by Crippen LogP contribution is 2.32. The molecule has 1 aromatic heterocycles. The minimum Gasteiger partial charge on any atom is -0.390 e. The van der Waals surface area contributed by atoms with Crippen molar-refractivity contribution in [2.24, 2.45) is 5.92 Å². The summed E-state index contributed by atoms with van der Waals surface area (Å²) in [6, 6.07) is 9.16. The van der Waals surface area contributed by atoms with Crippen molar-refractivity contribution >= 4 is 17.7 Å². The molecule has 8 heteroatoms. The summed E-state index contributed by atoms with van der Waals surface area (Å²) >= 11 is 0. The lowest BCUT2D eigenvalue weighted by molar-refractivity contribution is -0.136. The van der Waals surface area contributed by atoms with Gasteiger partial charge in [-0.05, 0) is 68.6 Å². The van der Waals surface area contributed by atoms with Gasteiger partial charge in [0.1, 0.15) is 6.04 Å². The molecule has 0 spiro atoms.